The number of hydrogen-bond acceptors (Lipinski definition) is 7. The number of aromatic carboxylic acids is 1. The highest BCUT2D eigenvalue weighted by Gasteiger charge is 2.21. The second-order valence-electron chi connectivity index (χ2n) is 6.66. The van der Waals surface area contributed by atoms with E-state index in [0.717, 1.165) is 18.2 Å². The fraction of sp³-hybridized carbons (Fsp3) is 0. The highest BCUT2D eigenvalue weighted by Crippen LogP contribution is 2.25. The molecule has 0 bridgehead atoms. The average Bonchev–Trinajstić information content (AvgIpc) is 2.80. The Bertz CT molecular complexity index is 1410. The van der Waals surface area contributed by atoms with Crippen LogP contribution in [0, 0.1) is 16.7 Å². The number of amides is 1. The van der Waals surface area contributed by atoms with Gasteiger partial charge in [-0.1, -0.05) is 18.2 Å². The van der Waals surface area contributed by atoms with Crippen LogP contribution in [0.1, 0.15) is 21.5 Å². The lowest BCUT2D eigenvalue weighted by atomic mass is 10.1. The zero-order valence-electron chi connectivity index (χ0n) is 16.7. The Kier molecular flexibility index (Phi) is 6.41. The molecule has 0 aliphatic heterocycles. The predicted octanol–water partition coefficient (Wildman–Crippen LogP) is 2.77. The van der Waals surface area contributed by atoms with E-state index in [4.69, 9.17) is 10.7 Å². The van der Waals surface area contributed by atoms with Gasteiger partial charge in [-0.15, -0.1) is 0 Å². The second kappa shape index (κ2) is 9.21. The number of phenols is 1. The molecule has 0 fully saturated rings. The van der Waals surface area contributed by atoms with Gasteiger partial charge in [-0.2, -0.15) is 5.26 Å². The number of anilines is 2. The summed E-state index contributed by atoms with van der Waals surface area (Å²) in [6.45, 7) is 0. The Hall–Kier alpha value is -4.69. The summed E-state index contributed by atoms with van der Waals surface area (Å²) in [5.41, 5.74) is -1.48. The van der Waals surface area contributed by atoms with Crippen LogP contribution in [0.2, 0.25) is 0 Å². The summed E-state index contributed by atoms with van der Waals surface area (Å²) < 4.78 is 27.3. The van der Waals surface area contributed by atoms with Crippen LogP contribution < -0.4 is 10.0 Å². The third-order valence-electron chi connectivity index (χ3n) is 4.43. The second-order valence-corrected chi connectivity index (χ2v) is 8.34. The van der Waals surface area contributed by atoms with E-state index >= 15 is 0 Å². The van der Waals surface area contributed by atoms with E-state index in [1.807, 2.05) is 0 Å². The summed E-state index contributed by atoms with van der Waals surface area (Å²) in [7, 11) is -3.95. The molecule has 0 heterocycles. The van der Waals surface area contributed by atoms with E-state index in [9.17, 15) is 28.2 Å². The van der Waals surface area contributed by atoms with Gasteiger partial charge in [0.1, 0.15) is 11.5 Å². The largest absolute Gasteiger partial charge is 0.507 e. The van der Waals surface area contributed by atoms with Crippen LogP contribution in [0.15, 0.2) is 71.6 Å². The molecule has 33 heavy (non-hydrogen) atoms. The van der Waals surface area contributed by atoms with Gasteiger partial charge in [0.15, 0.2) is 0 Å². The number of carboxylic acids is 1. The summed E-state index contributed by atoms with van der Waals surface area (Å²) in [5, 5.41) is 38.7. The molecule has 3 aromatic rings. The molecule has 0 aliphatic rings. The molecule has 10 nitrogen and oxygen atoms in total. The van der Waals surface area contributed by atoms with Gasteiger partial charge in [0.2, 0.25) is 0 Å². The van der Waals surface area contributed by atoms with Crippen molar-refractivity contribution in [3.8, 4) is 11.8 Å². The lowest BCUT2D eigenvalue weighted by Crippen LogP contribution is -2.24. The van der Waals surface area contributed by atoms with Gasteiger partial charge < -0.3 is 15.5 Å². The minimum atomic E-state index is -3.95. The summed E-state index contributed by atoms with van der Waals surface area (Å²) in [6, 6.07) is 16.4. The fourth-order valence-electron chi connectivity index (χ4n) is 2.82. The van der Waals surface area contributed by atoms with E-state index in [-0.39, 0.29) is 33.0 Å². The maximum atomic E-state index is 12.6. The van der Waals surface area contributed by atoms with Gasteiger partial charge in [-0.3, -0.25) is 14.9 Å². The molecule has 0 radical (unpaired) electrons. The number of nitrogens with zero attached hydrogens (tertiary/aromatic N) is 1. The molecule has 0 saturated carbocycles. The standard InChI is InChI=1S/C22H16N4O6S/c23-12-13-6-8-18(16(10-13)22(29)30)25-21(28)20(24)17-11-14(7-9-19(17)27)26-33(31,32)15-4-2-1-3-5-15/h1-11,24,26-27H,(H,25,28)(H,29,30). The molecule has 166 valence electrons. The van der Waals surface area contributed by atoms with Crippen molar-refractivity contribution in [2.45, 2.75) is 4.90 Å². The summed E-state index contributed by atoms with van der Waals surface area (Å²) >= 11 is 0. The normalized spacial score (nSPS) is 10.6. The number of carbonyl (C=O) groups excluding carboxylic acids is 1. The molecule has 0 atom stereocenters. The van der Waals surface area contributed by atoms with Crippen molar-refractivity contribution in [1.29, 1.82) is 10.7 Å². The SMILES string of the molecule is N#Cc1ccc(NC(=O)C(=N)c2cc(NS(=O)(=O)c3ccccc3)ccc2O)c(C(=O)O)c1. The van der Waals surface area contributed by atoms with E-state index in [2.05, 4.69) is 10.0 Å². The molecule has 3 aromatic carbocycles. The smallest absolute Gasteiger partial charge is 0.337 e. The first-order valence-electron chi connectivity index (χ1n) is 9.21. The molecule has 5 N–H and O–H groups in total. The summed E-state index contributed by atoms with van der Waals surface area (Å²) in [5.74, 6) is -2.91. The van der Waals surface area contributed by atoms with Gasteiger partial charge >= 0.3 is 5.97 Å². The van der Waals surface area contributed by atoms with E-state index in [0.29, 0.717) is 0 Å². The first-order chi connectivity index (χ1) is 15.6. The number of phenolic OH excluding ortho intramolecular Hbond substituents is 1. The maximum absolute atomic E-state index is 12.6. The number of nitriles is 1. The number of carboxylic acid groups (broad SMARTS) is 1. The molecular weight excluding hydrogens is 448 g/mol. The van der Waals surface area contributed by atoms with Gasteiger partial charge in [0.25, 0.3) is 15.9 Å². The fourth-order valence-corrected chi connectivity index (χ4v) is 3.89. The number of rotatable bonds is 7. The molecule has 1 amide bonds. The lowest BCUT2D eigenvalue weighted by Gasteiger charge is -2.13. The maximum Gasteiger partial charge on any atom is 0.337 e. The van der Waals surface area contributed by atoms with Crippen LogP contribution in [-0.2, 0) is 14.8 Å². The number of carbonyl (C=O) groups is 2. The highest BCUT2D eigenvalue weighted by atomic mass is 32.2. The van der Waals surface area contributed by atoms with Gasteiger partial charge in [0, 0.05) is 11.3 Å². The van der Waals surface area contributed by atoms with Crippen molar-refractivity contribution in [2.75, 3.05) is 10.0 Å². The van der Waals surface area contributed by atoms with Gasteiger partial charge in [-0.25, -0.2) is 13.2 Å². The van der Waals surface area contributed by atoms with Crippen LogP contribution in [0.4, 0.5) is 11.4 Å². The zero-order chi connectivity index (χ0) is 24.2. The number of sulfonamides is 1. The molecular formula is C22H16N4O6S. The monoisotopic (exact) mass is 464 g/mol. The highest BCUT2D eigenvalue weighted by molar-refractivity contribution is 7.92. The van der Waals surface area contributed by atoms with Crippen molar-refractivity contribution in [1.82, 2.24) is 0 Å². The molecule has 0 saturated heterocycles. The first-order valence-corrected chi connectivity index (χ1v) is 10.7. The van der Waals surface area contributed by atoms with Gasteiger partial charge in [-0.05, 0) is 48.5 Å². The van der Waals surface area contributed by atoms with Crippen LogP contribution in [0.25, 0.3) is 0 Å². The third-order valence-corrected chi connectivity index (χ3v) is 5.82. The van der Waals surface area contributed by atoms with Gasteiger partial charge in [0.05, 0.1) is 27.8 Å². The molecule has 0 unspecified atom stereocenters. The van der Waals surface area contributed by atoms with Crippen LogP contribution in [0.3, 0.4) is 0 Å². The number of hydrogen-bond donors (Lipinski definition) is 5. The van der Waals surface area contributed by atoms with E-state index < -0.39 is 33.4 Å². The Labute approximate surface area is 188 Å². The Morgan fingerprint density at radius 1 is 0.970 bits per heavy atom. The third kappa shape index (κ3) is 5.15. The summed E-state index contributed by atoms with van der Waals surface area (Å²) in [4.78, 5) is 24.0. The summed E-state index contributed by atoms with van der Waals surface area (Å²) in [6.07, 6.45) is 0. The molecule has 11 heteroatoms. The van der Waals surface area contributed by atoms with Crippen LogP contribution >= 0.6 is 0 Å². The molecule has 3 rings (SSSR count). The van der Waals surface area contributed by atoms with Crippen molar-refractivity contribution in [2.24, 2.45) is 0 Å². The minimum Gasteiger partial charge on any atom is -0.507 e. The van der Waals surface area contributed by atoms with Crippen molar-refractivity contribution in [3.05, 3.63) is 83.4 Å². The van der Waals surface area contributed by atoms with Crippen molar-refractivity contribution in [3.63, 3.8) is 0 Å². The average molecular weight is 464 g/mol. The van der Waals surface area contributed by atoms with Crippen molar-refractivity contribution >= 4 is 39.0 Å². The Morgan fingerprint density at radius 2 is 1.67 bits per heavy atom. The molecule has 0 aliphatic carbocycles. The number of benzene rings is 3. The Balaban J connectivity index is 1.87. The Morgan fingerprint density at radius 3 is 2.30 bits per heavy atom. The first kappa shape index (κ1) is 23.0. The quantitative estimate of drug-likeness (QED) is 0.263. The van der Waals surface area contributed by atoms with E-state index in [1.54, 1.807) is 24.3 Å². The lowest BCUT2D eigenvalue weighted by molar-refractivity contribution is -0.110. The van der Waals surface area contributed by atoms with Crippen molar-refractivity contribution < 1.29 is 28.2 Å². The molecule has 0 spiro atoms. The number of aromatic hydroxyl groups is 1. The van der Waals surface area contributed by atoms with E-state index in [1.165, 1.54) is 30.3 Å². The molecule has 0 aromatic heterocycles. The zero-order valence-corrected chi connectivity index (χ0v) is 17.6. The van der Waals surface area contributed by atoms with Crippen LogP contribution in [0.5, 0.6) is 5.75 Å². The number of nitrogens with one attached hydrogen (secondary N) is 3. The minimum absolute atomic E-state index is 0.00513. The topological polar surface area (TPSA) is 180 Å². The predicted molar refractivity (Wildman–Crippen MR) is 119 cm³/mol. The van der Waals surface area contributed by atoms with Crippen LogP contribution in [-0.4, -0.2) is 36.2 Å².